The van der Waals surface area contributed by atoms with Crippen molar-refractivity contribution in [1.82, 2.24) is 0 Å². The molecule has 0 bridgehead atoms. The van der Waals surface area contributed by atoms with Crippen molar-refractivity contribution in [3.63, 3.8) is 0 Å². The zero-order valence-corrected chi connectivity index (χ0v) is 11.0. The van der Waals surface area contributed by atoms with Gasteiger partial charge in [-0.15, -0.1) is 0 Å². The molecule has 0 aromatic heterocycles. The highest BCUT2D eigenvalue weighted by molar-refractivity contribution is 4.85. The van der Waals surface area contributed by atoms with Crippen molar-refractivity contribution in [2.75, 3.05) is 0 Å². The van der Waals surface area contributed by atoms with Crippen molar-refractivity contribution in [3.05, 3.63) is 0 Å². The highest BCUT2D eigenvalue weighted by atomic mass is 14.7. The number of hydrogen-bond donors (Lipinski definition) is 1. The number of nitrogens with two attached hydrogens (primary N) is 1. The Labute approximate surface area is 90.5 Å². The average molecular weight is 199 g/mol. The van der Waals surface area contributed by atoms with Gasteiger partial charge in [0.15, 0.2) is 0 Å². The minimum absolute atomic E-state index is 0.283. The molecule has 1 nitrogen and oxygen atoms in total. The quantitative estimate of drug-likeness (QED) is 0.688. The van der Waals surface area contributed by atoms with E-state index in [1.54, 1.807) is 0 Å². The first-order chi connectivity index (χ1) is 6.25. The molecular weight excluding hydrogens is 170 g/mol. The van der Waals surface area contributed by atoms with E-state index >= 15 is 0 Å². The van der Waals surface area contributed by atoms with Crippen LogP contribution in [-0.4, -0.2) is 6.04 Å². The van der Waals surface area contributed by atoms with Crippen molar-refractivity contribution in [2.24, 2.45) is 16.6 Å². The molecule has 0 aliphatic carbocycles. The van der Waals surface area contributed by atoms with Crippen LogP contribution < -0.4 is 5.73 Å². The molecule has 0 spiro atoms. The van der Waals surface area contributed by atoms with Gasteiger partial charge in [-0.25, -0.2) is 0 Å². The molecule has 1 unspecified atom stereocenters. The second-order valence-electron chi connectivity index (χ2n) is 6.07. The van der Waals surface area contributed by atoms with Crippen molar-refractivity contribution in [3.8, 4) is 0 Å². The normalized spacial score (nSPS) is 15.6. The van der Waals surface area contributed by atoms with Crippen LogP contribution in [0.25, 0.3) is 0 Å². The zero-order chi connectivity index (χ0) is 11.4. The van der Waals surface area contributed by atoms with Gasteiger partial charge in [-0.3, -0.25) is 0 Å². The van der Waals surface area contributed by atoms with E-state index in [0.29, 0.717) is 11.5 Å². The van der Waals surface area contributed by atoms with Crippen LogP contribution in [0.3, 0.4) is 0 Å². The van der Waals surface area contributed by atoms with Crippen LogP contribution in [0.2, 0.25) is 0 Å². The summed E-state index contributed by atoms with van der Waals surface area (Å²) in [7, 11) is 0. The summed E-state index contributed by atoms with van der Waals surface area (Å²) in [6.07, 6.45) is 4.84. The fourth-order valence-corrected chi connectivity index (χ4v) is 1.91. The molecular formula is C13H29N. The van der Waals surface area contributed by atoms with E-state index in [2.05, 4.69) is 41.5 Å². The molecule has 1 heteroatoms. The highest BCUT2D eigenvalue weighted by Gasteiger charge is 2.29. The Balaban J connectivity index is 4.23. The third-order valence-electron chi connectivity index (χ3n) is 3.61. The lowest BCUT2D eigenvalue weighted by Gasteiger charge is -2.36. The Hall–Kier alpha value is -0.0400. The van der Waals surface area contributed by atoms with Crippen molar-refractivity contribution in [1.29, 1.82) is 0 Å². The lowest BCUT2D eigenvalue weighted by Crippen LogP contribution is -2.40. The maximum atomic E-state index is 6.28. The number of rotatable bonds is 6. The van der Waals surface area contributed by atoms with E-state index in [4.69, 9.17) is 5.73 Å². The lowest BCUT2D eigenvalue weighted by molar-refractivity contribution is 0.185. The molecule has 2 N–H and O–H groups in total. The first kappa shape index (κ1) is 14.0. The molecule has 0 radical (unpaired) electrons. The predicted molar refractivity (Wildman–Crippen MR) is 65.4 cm³/mol. The van der Waals surface area contributed by atoms with Gasteiger partial charge in [-0.1, -0.05) is 48.0 Å². The van der Waals surface area contributed by atoms with Crippen LogP contribution in [-0.2, 0) is 0 Å². The monoisotopic (exact) mass is 199 g/mol. The molecule has 14 heavy (non-hydrogen) atoms. The second-order valence-corrected chi connectivity index (χ2v) is 6.07. The van der Waals surface area contributed by atoms with Crippen molar-refractivity contribution in [2.45, 2.75) is 73.3 Å². The summed E-state index contributed by atoms with van der Waals surface area (Å²) in [6, 6.07) is 0.328. The SMILES string of the molecule is CCCC(C)(C)CC(N)C(C)(C)CC. The van der Waals surface area contributed by atoms with Crippen LogP contribution in [0, 0.1) is 10.8 Å². The maximum Gasteiger partial charge on any atom is 0.00952 e. The highest BCUT2D eigenvalue weighted by Crippen LogP contribution is 2.34. The van der Waals surface area contributed by atoms with Crippen LogP contribution in [0.4, 0.5) is 0 Å². The molecule has 0 saturated heterocycles. The Kier molecular flexibility index (Phi) is 5.14. The van der Waals surface area contributed by atoms with Crippen LogP contribution in [0.1, 0.15) is 67.2 Å². The molecule has 86 valence electrons. The topological polar surface area (TPSA) is 26.0 Å². The van der Waals surface area contributed by atoms with E-state index in [9.17, 15) is 0 Å². The van der Waals surface area contributed by atoms with Gasteiger partial charge in [-0.2, -0.15) is 0 Å². The van der Waals surface area contributed by atoms with Crippen LogP contribution in [0.5, 0.6) is 0 Å². The Morgan fingerprint density at radius 3 is 1.93 bits per heavy atom. The van der Waals surface area contributed by atoms with Crippen LogP contribution in [0.15, 0.2) is 0 Å². The van der Waals surface area contributed by atoms with Gasteiger partial charge in [-0.05, 0) is 30.1 Å². The van der Waals surface area contributed by atoms with E-state index in [1.807, 2.05) is 0 Å². The summed E-state index contributed by atoms with van der Waals surface area (Å²) in [5, 5.41) is 0. The van der Waals surface area contributed by atoms with E-state index in [-0.39, 0.29) is 5.41 Å². The van der Waals surface area contributed by atoms with E-state index < -0.39 is 0 Å². The molecule has 0 fully saturated rings. The molecule has 1 atom stereocenters. The molecule has 0 saturated carbocycles. The average Bonchev–Trinajstić information content (AvgIpc) is 2.03. The molecule has 0 aliphatic rings. The van der Waals surface area contributed by atoms with E-state index in [1.165, 1.54) is 12.8 Å². The second kappa shape index (κ2) is 5.16. The molecule has 0 aromatic rings. The van der Waals surface area contributed by atoms with Crippen LogP contribution >= 0.6 is 0 Å². The standard InChI is InChI=1S/C13H29N/c1-7-9-12(3,4)10-11(14)13(5,6)8-2/h11H,7-10,14H2,1-6H3. The van der Waals surface area contributed by atoms with Gasteiger partial charge >= 0.3 is 0 Å². The van der Waals surface area contributed by atoms with Gasteiger partial charge < -0.3 is 5.73 Å². The first-order valence-corrected chi connectivity index (χ1v) is 6.01. The third kappa shape index (κ3) is 4.45. The van der Waals surface area contributed by atoms with Gasteiger partial charge in [0, 0.05) is 6.04 Å². The Morgan fingerprint density at radius 2 is 1.57 bits per heavy atom. The predicted octanol–water partition coefficient (Wildman–Crippen LogP) is 3.97. The van der Waals surface area contributed by atoms with Gasteiger partial charge in [0.25, 0.3) is 0 Å². The Morgan fingerprint density at radius 1 is 1.07 bits per heavy atom. The maximum absolute atomic E-state index is 6.28. The largest absolute Gasteiger partial charge is 0.327 e. The third-order valence-corrected chi connectivity index (χ3v) is 3.61. The van der Waals surface area contributed by atoms with Gasteiger partial charge in [0.2, 0.25) is 0 Å². The molecule has 0 aromatic carbocycles. The summed E-state index contributed by atoms with van der Waals surface area (Å²) in [6.45, 7) is 13.7. The van der Waals surface area contributed by atoms with Gasteiger partial charge in [0.05, 0.1) is 0 Å². The summed E-state index contributed by atoms with van der Waals surface area (Å²) in [5.74, 6) is 0. The Bertz CT molecular complexity index is 159. The summed E-state index contributed by atoms with van der Waals surface area (Å²) >= 11 is 0. The summed E-state index contributed by atoms with van der Waals surface area (Å²) in [4.78, 5) is 0. The summed E-state index contributed by atoms with van der Waals surface area (Å²) in [5.41, 5.74) is 6.96. The van der Waals surface area contributed by atoms with Gasteiger partial charge in [0.1, 0.15) is 0 Å². The zero-order valence-electron chi connectivity index (χ0n) is 11.0. The molecule has 0 amide bonds. The molecule has 0 rings (SSSR count). The molecule has 0 heterocycles. The van der Waals surface area contributed by atoms with Crippen molar-refractivity contribution >= 4 is 0 Å². The smallest absolute Gasteiger partial charge is 0.00952 e. The fraction of sp³-hybridized carbons (Fsp3) is 1.00. The fourth-order valence-electron chi connectivity index (χ4n) is 1.91. The van der Waals surface area contributed by atoms with Crippen molar-refractivity contribution < 1.29 is 0 Å². The number of hydrogen-bond acceptors (Lipinski definition) is 1. The lowest BCUT2D eigenvalue weighted by atomic mass is 9.72. The first-order valence-electron chi connectivity index (χ1n) is 6.01. The van der Waals surface area contributed by atoms with E-state index in [0.717, 1.165) is 12.8 Å². The minimum Gasteiger partial charge on any atom is -0.327 e. The molecule has 0 aliphatic heterocycles. The minimum atomic E-state index is 0.283. The summed E-state index contributed by atoms with van der Waals surface area (Å²) < 4.78 is 0.